The minimum atomic E-state index is -3.67. The summed E-state index contributed by atoms with van der Waals surface area (Å²) in [6, 6.07) is 0. The molecule has 46 valence electrons. The molecular formula is C2H10N2O2S. The molecule has 0 radical (unpaired) electrons. The summed E-state index contributed by atoms with van der Waals surface area (Å²) in [6.45, 7) is 4.00. The summed E-state index contributed by atoms with van der Waals surface area (Å²) in [5.41, 5.74) is 0. The van der Waals surface area contributed by atoms with Crippen LogP contribution in [0.1, 0.15) is 13.8 Å². The lowest BCUT2D eigenvalue weighted by atomic mass is 11.0. The molecule has 0 fully saturated rings. The lowest BCUT2D eigenvalue weighted by molar-refractivity contribution is 0.599. The first kappa shape index (κ1) is 9.98. The van der Waals surface area contributed by atoms with Gasteiger partial charge in [-0.2, -0.15) is 8.42 Å². The summed E-state index contributed by atoms with van der Waals surface area (Å²) in [5, 5.41) is 8.21. The van der Waals surface area contributed by atoms with Crippen LogP contribution < -0.4 is 10.3 Å². The van der Waals surface area contributed by atoms with Gasteiger partial charge in [-0.25, -0.2) is 10.3 Å². The van der Waals surface area contributed by atoms with Gasteiger partial charge in [-0.05, 0) is 0 Å². The van der Waals surface area contributed by atoms with E-state index in [0.717, 1.165) is 0 Å². The van der Waals surface area contributed by atoms with Crippen molar-refractivity contribution in [3.63, 3.8) is 0 Å². The van der Waals surface area contributed by atoms with Gasteiger partial charge in [-0.3, -0.25) is 0 Å². The molecule has 0 spiro atoms. The van der Waals surface area contributed by atoms with Gasteiger partial charge in [0.2, 0.25) is 0 Å². The normalized spacial score (nSPS) is 9.14. The second-order valence-electron chi connectivity index (χ2n) is 0.589. The Morgan fingerprint density at radius 1 is 1.14 bits per heavy atom. The molecule has 0 unspecified atom stereocenters. The minimum Gasteiger partial charge on any atom is -0.216 e. The molecule has 4 nitrogen and oxygen atoms in total. The lowest BCUT2D eigenvalue weighted by Gasteiger charge is -1.72. The first-order valence-electron chi connectivity index (χ1n) is 1.80. The third kappa shape index (κ3) is 5200. The van der Waals surface area contributed by atoms with E-state index in [-0.39, 0.29) is 0 Å². The Hall–Kier alpha value is -0.130. The zero-order valence-corrected chi connectivity index (χ0v) is 5.20. The third-order valence-corrected chi connectivity index (χ3v) is 0. The summed E-state index contributed by atoms with van der Waals surface area (Å²) in [4.78, 5) is 0. The van der Waals surface area contributed by atoms with E-state index in [9.17, 15) is 8.42 Å². The molecule has 0 atom stereocenters. The van der Waals surface area contributed by atoms with E-state index in [2.05, 4.69) is 10.3 Å². The first-order valence-corrected chi connectivity index (χ1v) is 3.41. The van der Waals surface area contributed by atoms with Gasteiger partial charge in [-0.1, -0.05) is 13.8 Å². The Balaban J connectivity index is 0. The van der Waals surface area contributed by atoms with Crippen LogP contribution in [0.5, 0.6) is 0 Å². The van der Waals surface area contributed by atoms with Gasteiger partial charge in [0.05, 0.1) is 0 Å². The predicted molar refractivity (Wildman–Crippen MR) is 28.6 cm³/mol. The highest BCUT2D eigenvalue weighted by Gasteiger charge is 1.78. The van der Waals surface area contributed by atoms with Crippen molar-refractivity contribution in [2.45, 2.75) is 13.8 Å². The van der Waals surface area contributed by atoms with Crippen molar-refractivity contribution in [3.05, 3.63) is 0 Å². The van der Waals surface area contributed by atoms with Gasteiger partial charge >= 0.3 is 0 Å². The fourth-order valence-electron chi connectivity index (χ4n) is 0. The van der Waals surface area contributed by atoms with Crippen LogP contribution in [0, 0.1) is 0 Å². The number of nitrogens with two attached hydrogens (primary N) is 2. The molecule has 0 aliphatic heterocycles. The molecule has 0 amide bonds. The summed E-state index contributed by atoms with van der Waals surface area (Å²) in [6.07, 6.45) is 0. The average Bonchev–Trinajstić information content (AvgIpc) is 1.36. The average molecular weight is 126 g/mol. The minimum absolute atomic E-state index is 2.00. The molecule has 0 aliphatic carbocycles. The second kappa shape index (κ2) is 4.04. The highest BCUT2D eigenvalue weighted by atomic mass is 32.2. The smallest absolute Gasteiger partial charge is 0.216 e. The predicted octanol–water partition coefficient (Wildman–Crippen LogP) is -0.825. The van der Waals surface area contributed by atoms with Crippen LogP contribution in [0.4, 0.5) is 0 Å². The monoisotopic (exact) mass is 126 g/mol. The van der Waals surface area contributed by atoms with Gasteiger partial charge in [0.25, 0.3) is 10.2 Å². The Labute approximate surface area is 43.7 Å². The van der Waals surface area contributed by atoms with Crippen molar-refractivity contribution >= 4 is 10.2 Å². The van der Waals surface area contributed by atoms with Gasteiger partial charge in [0.15, 0.2) is 0 Å². The highest BCUT2D eigenvalue weighted by Crippen LogP contribution is 1.40. The molecule has 5 heteroatoms. The van der Waals surface area contributed by atoms with E-state index >= 15 is 0 Å². The van der Waals surface area contributed by atoms with E-state index in [1.807, 2.05) is 13.8 Å². The molecule has 0 aromatic carbocycles. The molecule has 0 aliphatic rings. The van der Waals surface area contributed by atoms with Crippen LogP contribution in [-0.4, -0.2) is 8.42 Å². The van der Waals surface area contributed by atoms with E-state index in [4.69, 9.17) is 0 Å². The van der Waals surface area contributed by atoms with Crippen LogP contribution in [0.3, 0.4) is 0 Å². The zero-order chi connectivity index (χ0) is 6.50. The zero-order valence-electron chi connectivity index (χ0n) is 4.38. The number of hydrogen-bond donors (Lipinski definition) is 2. The Morgan fingerprint density at radius 3 is 1.14 bits per heavy atom. The molecule has 0 bridgehead atoms. The van der Waals surface area contributed by atoms with Crippen LogP contribution in [-0.2, 0) is 10.2 Å². The lowest BCUT2D eigenvalue weighted by Crippen LogP contribution is -2.21. The molecule has 0 aromatic heterocycles. The van der Waals surface area contributed by atoms with Crippen molar-refractivity contribution in [2.24, 2.45) is 10.3 Å². The maximum absolute atomic E-state index is 9.19. The van der Waals surface area contributed by atoms with Crippen LogP contribution in [0.15, 0.2) is 0 Å². The topological polar surface area (TPSA) is 86.2 Å². The second-order valence-corrected chi connectivity index (χ2v) is 1.77. The maximum atomic E-state index is 9.19. The van der Waals surface area contributed by atoms with Crippen molar-refractivity contribution < 1.29 is 8.42 Å². The fourth-order valence-corrected chi connectivity index (χ4v) is 0. The standard InChI is InChI=1S/C2H6.H4N2O2S/c1-2;1-5(2,3)4/h1-2H3;(H4,1,2,3,4). The van der Waals surface area contributed by atoms with E-state index in [1.54, 1.807) is 0 Å². The molecule has 0 saturated carbocycles. The maximum Gasteiger partial charge on any atom is 0.271 e. The van der Waals surface area contributed by atoms with Crippen LogP contribution in [0.25, 0.3) is 0 Å². The van der Waals surface area contributed by atoms with Gasteiger partial charge in [0.1, 0.15) is 0 Å². The molecule has 0 heterocycles. The van der Waals surface area contributed by atoms with Crippen LogP contribution >= 0.6 is 0 Å². The first-order chi connectivity index (χ1) is 3.00. The van der Waals surface area contributed by atoms with Gasteiger partial charge < -0.3 is 0 Å². The summed E-state index contributed by atoms with van der Waals surface area (Å²) in [5.74, 6) is 0. The van der Waals surface area contributed by atoms with Crippen molar-refractivity contribution in [2.75, 3.05) is 0 Å². The quantitative estimate of drug-likeness (QED) is 0.444. The fraction of sp³-hybridized carbons (Fsp3) is 1.00. The molecule has 4 N–H and O–H groups in total. The van der Waals surface area contributed by atoms with Crippen molar-refractivity contribution in [3.8, 4) is 0 Å². The molecule has 7 heavy (non-hydrogen) atoms. The van der Waals surface area contributed by atoms with E-state index in [1.165, 1.54) is 0 Å². The summed E-state index contributed by atoms with van der Waals surface area (Å²) in [7, 11) is -3.67. The molecule has 0 saturated heterocycles. The van der Waals surface area contributed by atoms with E-state index in [0.29, 0.717) is 0 Å². The van der Waals surface area contributed by atoms with Crippen molar-refractivity contribution in [1.29, 1.82) is 0 Å². The Bertz CT molecular complexity index is 96.9. The van der Waals surface area contributed by atoms with Crippen molar-refractivity contribution in [1.82, 2.24) is 0 Å². The summed E-state index contributed by atoms with van der Waals surface area (Å²) >= 11 is 0. The summed E-state index contributed by atoms with van der Waals surface area (Å²) < 4.78 is 18.4. The molecular weight excluding hydrogens is 116 g/mol. The highest BCUT2D eigenvalue weighted by molar-refractivity contribution is 7.86. The van der Waals surface area contributed by atoms with Gasteiger partial charge in [0, 0.05) is 0 Å². The number of hydrogen-bond acceptors (Lipinski definition) is 2. The third-order valence-electron chi connectivity index (χ3n) is 0. The van der Waals surface area contributed by atoms with E-state index < -0.39 is 10.2 Å². The SMILES string of the molecule is CC.NS(N)(=O)=O. The van der Waals surface area contributed by atoms with Crippen LogP contribution in [0.2, 0.25) is 0 Å². The van der Waals surface area contributed by atoms with Gasteiger partial charge in [-0.15, -0.1) is 0 Å². The Morgan fingerprint density at radius 2 is 1.14 bits per heavy atom. The Kier molecular flexibility index (Phi) is 5.76. The molecule has 0 rings (SSSR count). The largest absolute Gasteiger partial charge is 0.271 e. The molecule has 0 aromatic rings. The number of rotatable bonds is 0.